The van der Waals surface area contributed by atoms with Crippen molar-refractivity contribution < 1.29 is 0 Å². The minimum absolute atomic E-state index is 0.241. The summed E-state index contributed by atoms with van der Waals surface area (Å²) in [6, 6.07) is 13.0. The molecule has 0 amide bonds. The van der Waals surface area contributed by atoms with Gasteiger partial charge in [0.25, 0.3) is 5.56 Å². The molecular formula is C22H21N7O2. The summed E-state index contributed by atoms with van der Waals surface area (Å²) < 4.78 is 2.47. The highest BCUT2D eigenvalue weighted by Gasteiger charge is 2.16. The van der Waals surface area contributed by atoms with Crippen LogP contribution in [-0.4, -0.2) is 37.2 Å². The number of anilines is 3. The first-order chi connectivity index (χ1) is 15.1. The molecule has 0 atom stereocenters. The Balaban J connectivity index is 1.56. The summed E-state index contributed by atoms with van der Waals surface area (Å²) in [7, 11) is 1.45. The van der Waals surface area contributed by atoms with E-state index in [9.17, 15) is 9.59 Å². The van der Waals surface area contributed by atoms with Crippen molar-refractivity contribution in [2.75, 3.05) is 23.3 Å². The van der Waals surface area contributed by atoms with Crippen LogP contribution in [0.4, 0.5) is 17.5 Å². The number of rotatable bonds is 4. The average Bonchev–Trinajstić information content (AvgIpc) is 3.34. The van der Waals surface area contributed by atoms with Crippen molar-refractivity contribution in [2.24, 2.45) is 7.05 Å². The van der Waals surface area contributed by atoms with Gasteiger partial charge in [-0.2, -0.15) is 4.98 Å². The van der Waals surface area contributed by atoms with Crippen LogP contribution in [0.3, 0.4) is 0 Å². The van der Waals surface area contributed by atoms with E-state index in [4.69, 9.17) is 0 Å². The average molecular weight is 415 g/mol. The lowest BCUT2D eigenvalue weighted by Gasteiger charge is -2.17. The molecule has 156 valence electrons. The third-order valence-electron chi connectivity index (χ3n) is 5.47. The van der Waals surface area contributed by atoms with Gasteiger partial charge in [-0.1, -0.05) is 18.2 Å². The van der Waals surface area contributed by atoms with Crippen molar-refractivity contribution in [3.8, 4) is 5.69 Å². The minimum Gasteiger partial charge on any atom is -0.370 e. The first kappa shape index (κ1) is 19.0. The van der Waals surface area contributed by atoms with Crippen LogP contribution in [-0.2, 0) is 7.05 Å². The topological polar surface area (TPSA) is 97.9 Å². The number of aromatic nitrogens is 5. The first-order valence-electron chi connectivity index (χ1n) is 10.1. The maximum Gasteiger partial charge on any atom is 0.337 e. The molecule has 4 heterocycles. The molecule has 9 nitrogen and oxygen atoms in total. The van der Waals surface area contributed by atoms with Gasteiger partial charge in [0.05, 0.1) is 17.6 Å². The van der Waals surface area contributed by atoms with Crippen molar-refractivity contribution in [3.63, 3.8) is 0 Å². The van der Waals surface area contributed by atoms with Gasteiger partial charge in [-0.25, -0.2) is 19.3 Å². The van der Waals surface area contributed by atoms with Crippen molar-refractivity contribution in [3.05, 3.63) is 75.7 Å². The van der Waals surface area contributed by atoms with Crippen molar-refractivity contribution in [1.29, 1.82) is 0 Å². The van der Waals surface area contributed by atoms with Gasteiger partial charge in [-0.3, -0.25) is 9.36 Å². The van der Waals surface area contributed by atoms with Gasteiger partial charge in [-0.15, -0.1) is 0 Å². The highest BCUT2D eigenvalue weighted by Crippen LogP contribution is 2.21. The van der Waals surface area contributed by atoms with Gasteiger partial charge in [0, 0.05) is 26.3 Å². The number of hydrogen-bond acceptors (Lipinski definition) is 7. The van der Waals surface area contributed by atoms with E-state index in [0.717, 1.165) is 23.3 Å². The van der Waals surface area contributed by atoms with Crippen molar-refractivity contribution in [1.82, 2.24) is 24.1 Å². The molecule has 0 bridgehead atoms. The van der Waals surface area contributed by atoms with Gasteiger partial charge in [0.2, 0.25) is 5.95 Å². The van der Waals surface area contributed by atoms with Gasteiger partial charge in [0.1, 0.15) is 11.2 Å². The van der Waals surface area contributed by atoms with Crippen molar-refractivity contribution in [2.45, 2.75) is 12.8 Å². The number of hydrogen-bond donors (Lipinski definition) is 1. The summed E-state index contributed by atoms with van der Waals surface area (Å²) in [5, 5.41) is 3.33. The summed E-state index contributed by atoms with van der Waals surface area (Å²) in [6.45, 7) is 2.10. The molecule has 1 saturated heterocycles. The fourth-order valence-electron chi connectivity index (χ4n) is 3.81. The summed E-state index contributed by atoms with van der Waals surface area (Å²) in [5.41, 5.74) is 1.04. The normalized spacial score (nSPS) is 13.6. The zero-order chi connectivity index (χ0) is 21.4. The van der Waals surface area contributed by atoms with Crippen LogP contribution in [0.15, 0.2) is 64.4 Å². The Bertz CT molecular complexity index is 1360. The number of para-hydroxylation sites is 1. The van der Waals surface area contributed by atoms with Crippen LogP contribution >= 0.6 is 0 Å². The van der Waals surface area contributed by atoms with E-state index >= 15 is 0 Å². The summed E-state index contributed by atoms with van der Waals surface area (Å²) in [5.74, 6) is 0.839. The SMILES string of the molecule is Cn1c(=O)c2cnc(Nc3ccc(N4CCCC4)cn3)nc2n(-c2ccccc2)c1=O. The Morgan fingerprint density at radius 1 is 0.903 bits per heavy atom. The first-order valence-corrected chi connectivity index (χ1v) is 10.1. The monoisotopic (exact) mass is 415 g/mol. The molecule has 0 saturated carbocycles. The third kappa shape index (κ3) is 3.43. The maximum atomic E-state index is 12.9. The van der Waals surface area contributed by atoms with Gasteiger partial charge in [0.15, 0.2) is 5.65 Å². The van der Waals surface area contributed by atoms with E-state index in [0.29, 0.717) is 11.5 Å². The number of fused-ring (bicyclic) bond motifs is 1. The predicted octanol–water partition coefficient (Wildman–Crippen LogP) is 2.22. The molecule has 0 spiro atoms. The molecule has 9 heteroatoms. The molecule has 5 rings (SSSR count). The number of nitrogens with one attached hydrogen (secondary N) is 1. The zero-order valence-electron chi connectivity index (χ0n) is 17.0. The van der Waals surface area contributed by atoms with Crippen LogP contribution in [0, 0.1) is 0 Å². The Morgan fingerprint density at radius 2 is 1.68 bits per heavy atom. The Labute approximate surface area is 177 Å². The minimum atomic E-state index is -0.471. The Morgan fingerprint density at radius 3 is 2.39 bits per heavy atom. The lowest BCUT2D eigenvalue weighted by atomic mass is 10.3. The van der Waals surface area contributed by atoms with Crippen LogP contribution in [0.5, 0.6) is 0 Å². The van der Waals surface area contributed by atoms with E-state index in [1.54, 1.807) is 12.1 Å². The second-order valence-electron chi connectivity index (χ2n) is 7.47. The largest absolute Gasteiger partial charge is 0.370 e. The zero-order valence-corrected chi connectivity index (χ0v) is 17.0. The lowest BCUT2D eigenvalue weighted by Crippen LogP contribution is -2.38. The lowest BCUT2D eigenvalue weighted by molar-refractivity contribution is 0.746. The quantitative estimate of drug-likeness (QED) is 0.546. The molecule has 31 heavy (non-hydrogen) atoms. The van der Waals surface area contributed by atoms with Gasteiger partial charge < -0.3 is 10.2 Å². The van der Waals surface area contributed by atoms with Gasteiger partial charge in [-0.05, 0) is 37.1 Å². The third-order valence-corrected chi connectivity index (χ3v) is 5.47. The second-order valence-corrected chi connectivity index (χ2v) is 7.47. The summed E-state index contributed by atoms with van der Waals surface area (Å²) in [4.78, 5) is 41.0. The highest BCUT2D eigenvalue weighted by atomic mass is 16.2. The van der Waals surface area contributed by atoms with Crippen molar-refractivity contribution >= 4 is 28.5 Å². The maximum absolute atomic E-state index is 12.9. The summed E-state index contributed by atoms with van der Waals surface area (Å²) >= 11 is 0. The molecule has 1 N–H and O–H groups in total. The van der Waals surface area contributed by atoms with E-state index in [-0.39, 0.29) is 17.0 Å². The van der Waals surface area contributed by atoms with E-state index in [1.807, 2.05) is 36.5 Å². The molecule has 0 aliphatic carbocycles. The van der Waals surface area contributed by atoms with Crippen LogP contribution in [0.2, 0.25) is 0 Å². The van der Waals surface area contributed by atoms with E-state index in [1.165, 1.54) is 30.7 Å². The highest BCUT2D eigenvalue weighted by molar-refractivity contribution is 5.76. The fourth-order valence-corrected chi connectivity index (χ4v) is 3.81. The molecule has 4 aromatic rings. The molecule has 1 aliphatic heterocycles. The molecule has 0 unspecified atom stereocenters. The molecule has 1 aliphatic rings. The molecular weight excluding hydrogens is 394 g/mol. The van der Waals surface area contributed by atoms with Crippen LogP contribution < -0.4 is 21.5 Å². The summed E-state index contributed by atoms with van der Waals surface area (Å²) in [6.07, 6.45) is 5.66. The van der Waals surface area contributed by atoms with E-state index < -0.39 is 11.2 Å². The Hall–Kier alpha value is -4.01. The Kier molecular flexibility index (Phi) is 4.70. The van der Waals surface area contributed by atoms with E-state index in [2.05, 4.69) is 25.2 Å². The molecule has 1 fully saturated rings. The molecule has 1 aromatic carbocycles. The smallest absolute Gasteiger partial charge is 0.337 e. The predicted molar refractivity (Wildman–Crippen MR) is 119 cm³/mol. The second kappa shape index (κ2) is 7.67. The van der Waals surface area contributed by atoms with Gasteiger partial charge >= 0.3 is 5.69 Å². The van der Waals surface area contributed by atoms with Crippen LogP contribution in [0.25, 0.3) is 16.7 Å². The fraction of sp³-hybridized carbons (Fsp3) is 0.227. The molecule has 3 aromatic heterocycles. The standard InChI is InChI=1S/C22H21N7O2/c1-27-20(30)17-14-24-21(25-18-10-9-16(13-23-18)28-11-5-6-12-28)26-19(17)29(22(27)31)15-7-3-2-4-8-15/h2-4,7-10,13-14H,5-6,11-12H2,1H3,(H,23,24,25,26). The number of pyridine rings is 1. The van der Waals surface area contributed by atoms with Crippen LogP contribution in [0.1, 0.15) is 12.8 Å². The number of nitrogens with zero attached hydrogens (tertiary/aromatic N) is 6. The molecule has 0 radical (unpaired) electrons. The number of benzene rings is 1.